The lowest BCUT2D eigenvalue weighted by atomic mass is 10.1. The normalized spacial score (nSPS) is 20.9. The van der Waals surface area contributed by atoms with Gasteiger partial charge < -0.3 is 10.1 Å². The number of hydrogen-bond acceptors (Lipinski definition) is 3. The number of carbonyl (C=O) groups is 1. The van der Waals surface area contributed by atoms with Crippen molar-refractivity contribution in [3.63, 3.8) is 0 Å². The van der Waals surface area contributed by atoms with Crippen LogP contribution in [-0.2, 0) is 9.53 Å². The Kier molecular flexibility index (Phi) is 5.69. The summed E-state index contributed by atoms with van der Waals surface area (Å²) in [5.41, 5.74) is 0. The topological polar surface area (TPSA) is 38.3 Å². The van der Waals surface area contributed by atoms with E-state index in [2.05, 4.69) is 19.2 Å². The standard InChI is InChI=1S/C12H23NO2/c1-10(2)4-3-7-15-12(14)8-11-5-6-13-9-11/h10-11,13H,3-9H2,1-2H3. The summed E-state index contributed by atoms with van der Waals surface area (Å²) in [5, 5.41) is 3.25. The lowest BCUT2D eigenvalue weighted by molar-refractivity contribution is -0.144. The minimum Gasteiger partial charge on any atom is -0.466 e. The summed E-state index contributed by atoms with van der Waals surface area (Å²) < 4.78 is 5.19. The van der Waals surface area contributed by atoms with Gasteiger partial charge in [0.15, 0.2) is 0 Å². The van der Waals surface area contributed by atoms with E-state index in [9.17, 15) is 4.79 Å². The highest BCUT2D eigenvalue weighted by Crippen LogP contribution is 2.13. The molecule has 1 saturated heterocycles. The number of carbonyl (C=O) groups excluding carboxylic acids is 1. The molecular weight excluding hydrogens is 190 g/mol. The van der Waals surface area contributed by atoms with Gasteiger partial charge in [-0.05, 0) is 44.2 Å². The Hall–Kier alpha value is -0.570. The van der Waals surface area contributed by atoms with Crippen molar-refractivity contribution in [1.29, 1.82) is 0 Å². The Balaban J connectivity index is 1.98. The summed E-state index contributed by atoms with van der Waals surface area (Å²) in [7, 11) is 0. The molecule has 1 rings (SSSR count). The first-order valence-corrected chi connectivity index (χ1v) is 6.05. The van der Waals surface area contributed by atoms with E-state index in [1.165, 1.54) is 0 Å². The molecule has 0 radical (unpaired) electrons. The van der Waals surface area contributed by atoms with Crippen molar-refractivity contribution >= 4 is 5.97 Å². The van der Waals surface area contributed by atoms with Crippen LogP contribution >= 0.6 is 0 Å². The summed E-state index contributed by atoms with van der Waals surface area (Å²) in [5.74, 6) is 1.18. The van der Waals surface area contributed by atoms with Gasteiger partial charge in [0.05, 0.1) is 6.61 Å². The summed E-state index contributed by atoms with van der Waals surface area (Å²) in [4.78, 5) is 11.4. The highest BCUT2D eigenvalue weighted by atomic mass is 16.5. The van der Waals surface area contributed by atoms with Gasteiger partial charge in [-0.2, -0.15) is 0 Å². The van der Waals surface area contributed by atoms with Crippen LogP contribution in [0.3, 0.4) is 0 Å². The van der Waals surface area contributed by atoms with Crippen LogP contribution in [0.5, 0.6) is 0 Å². The second kappa shape index (κ2) is 6.83. The quantitative estimate of drug-likeness (QED) is 0.541. The fourth-order valence-corrected chi connectivity index (χ4v) is 1.86. The van der Waals surface area contributed by atoms with Crippen LogP contribution < -0.4 is 5.32 Å². The molecule has 1 aliphatic rings. The van der Waals surface area contributed by atoms with Crippen molar-refractivity contribution in [3.8, 4) is 0 Å². The van der Waals surface area contributed by atoms with Crippen LogP contribution in [-0.4, -0.2) is 25.7 Å². The predicted molar refractivity (Wildman–Crippen MR) is 60.6 cm³/mol. The van der Waals surface area contributed by atoms with Gasteiger partial charge in [0.2, 0.25) is 0 Å². The molecule has 0 spiro atoms. The molecule has 0 saturated carbocycles. The van der Waals surface area contributed by atoms with Gasteiger partial charge in [-0.1, -0.05) is 13.8 Å². The predicted octanol–water partition coefficient (Wildman–Crippen LogP) is 1.97. The van der Waals surface area contributed by atoms with Crippen molar-refractivity contribution in [2.45, 2.75) is 39.5 Å². The Morgan fingerprint density at radius 3 is 2.93 bits per heavy atom. The first-order chi connectivity index (χ1) is 7.18. The number of esters is 1. The van der Waals surface area contributed by atoms with Crippen LogP contribution in [0.15, 0.2) is 0 Å². The molecule has 0 aromatic heterocycles. The zero-order valence-corrected chi connectivity index (χ0v) is 9.92. The van der Waals surface area contributed by atoms with Gasteiger partial charge in [0.1, 0.15) is 0 Å². The van der Waals surface area contributed by atoms with E-state index in [1.54, 1.807) is 0 Å². The molecule has 0 amide bonds. The average molecular weight is 213 g/mol. The fourth-order valence-electron chi connectivity index (χ4n) is 1.86. The average Bonchev–Trinajstić information content (AvgIpc) is 2.64. The molecule has 1 heterocycles. The van der Waals surface area contributed by atoms with Gasteiger partial charge >= 0.3 is 5.97 Å². The van der Waals surface area contributed by atoms with Crippen LogP contribution in [0.1, 0.15) is 39.5 Å². The second-order valence-electron chi connectivity index (χ2n) is 4.82. The van der Waals surface area contributed by atoms with Crippen molar-refractivity contribution in [2.75, 3.05) is 19.7 Å². The highest BCUT2D eigenvalue weighted by Gasteiger charge is 2.18. The van der Waals surface area contributed by atoms with Crippen LogP contribution in [0.2, 0.25) is 0 Å². The molecule has 1 atom stereocenters. The molecule has 1 unspecified atom stereocenters. The first-order valence-electron chi connectivity index (χ1n) is 6.05. The van der Waals surface area contributed by atoms with Gasteiger partial charge in [0.25, 0.3) is 0 Å². The SMILES string of the molecule is CC(C)CCCOC(=O)CC1CCNC1. The highest BCUT2D eigenvalue weighted by molar-refractivity contribution is 5.69. The van der Waals surface area contributed by atoms with E-state index in [0.717, 1.165) is 32.4 Å². The Labute approximate surface area is 92.6 Å². The molecule has 3 nitrogen and oxygen atoms in total. The second-order valence-corrected chi connectivity index (χ2v) is 4.82. The van der Waals surface area contributed by atoms with Gasteiger partial charge in [-0.3, -0.25) is 4.79 Å². The van der Waals surface area contributed by atoms with E-state index in [-0.39, 0.29) is 5.97 Å². The maximum atomic E-state index is 11.4. The van der Waals surface area contributed by atoms with E-state index < -0.39 is 0 Å². The number of hydrogen-bond donors (Lipinski definition) is 1. The van der Waals surface area contributed by atoms with Crippen molar-refractivity contribution in [2.24, 2.45) is 11.8 Å². The molecular formula is C12H23NO2. The zero-order chi connectivity index (χ0) is 11.1. The smallest absolute Gasteiger partial charge is 0.306 e. The van der Waals surface area contributed by atoms with Crippen molar-refractivity contribution < 1.29 is 9.53 Å². The maximum Gasteiger partial charge on any atom is 0.306 e. The summed E-state index contributed by atoms with van der Waals surface area (Å²) in [6.07, 6.45) is 3.83. The molecule has 15 heavy (non-hydrogen) atoms. The number of rotatable bonds is 6. The van der Waals surface area contributed by atoms with Gasteiger partial charge in [-0.15, -0.1) is 0 Å². The summed E-state index contributed by atoms with van der Waals surface area (Å²) in [6, 6.07) is 0. The minimum atomic E-state index is -0.0209. The van der Waals surface area contributed by atoms with E-state index in [4.69, 9.17) is 4.74 Å². The third-order valence-corrected chi connectivity index (χ3v) is 2.81. The third-order valence-electron chi connectivity index (χ3n) is 2.81. The van der Waals surface area contributed by atoms with Crippen molar-refractivity contribution in [3.05, 3.63) is 0 Å². The van der Waals surface area contributed by atoms with Crippen LogP contribution in [0, 0.1) is 11.8 Å². The molecule has 0 aliphatic carbocycles. The largest absolute Gasteiger partial charge is 0.466 e. The molecule has 0 aromatic carbocycles. The first kappa shape index (κ1) is 12.5. The Bertz CT molecular complexity index is 186. The Morgan fingerprint density at radius 1 is 1.53 bits per heavy atom. The van der Waals surface area contributed by atoms with E-state index in [0.29, 0.717) is 24.9 Å². The molecule has 1 aliphatic heterocycles. The monoisotopic (exact) mass is 213 g/mol. The van der Waals surface area contributed by atoms with E-state index >= 15 is 0 Å². The van der Waals surface area contributed by atoms with Crippen LogP contribution in [0.25, 0.3) is 0 Å². The Morgan fingerprint density at radius 2 is 2.33 bits per heavy atom. The molecule has 3 heteroatoms. The maximum absolute atomic E-state index is 11.4. The summed E-state index contributed by atoms with van der Waals surface area (Å²) in [6.45, 7) is 6.99. The lowest BCUT2D eigenvalue weighted by Gasteiger charge is -2.09. The van der Waals surface area contributed by atoms with E-state index in [1.807, 2.05) is 0 Å². The fraction of sp³-hybridized carbons (Fsp3) is 0.917. The molecule has 0 aromatic rings. The molecule has 1 N–H and O–H groups in total. The third kappa shape index (κ3) is 5.78. The molecule has 88 valence electrons. The molecule has 0 bridgehead atoms. The number of nitrogens with one attached hydrogen (secondary N) is 1. The summed E-state index contributed by atoms with van der Waals surface area (Å²) >= 11 is 0. The number of ether oxygens (including phenoxy) is 1. The minimum absolute atomic E-state index is 0.0209. The van der Waals surface area contributed by atoms with Gasteiger partial charge in [-0.25, -0.2) is 0 Å². The van der Waals surface area contributed by atoms with Crippen LogP contribution in [0.4, 0.5) is 0 Å². The zero-order valence-electron chi connectivity index (χ0n) is 9.92. The molecule has 1 fully saturated rings. The lowest BCUT2D eigenvalue weighted by Crippen LogP contribution is -2.15. The van der Waals surface area contributed by atoms with Crippen molar-refractivity contribution in [1.82, 2.24) is 5.32 Å². The van der Waals surface area contributed by atoms with Gasteiger partial charge in [0, 0.05) is 6.42 Å².